The lowest BCUT2D eigenvalue weighted by Crippen LogP contribution is -2.06. The third-order valence-corrected chi connectivity index (χ3v) is 1.74. The van der Waals surface area contributed by atoms with E-state index in [2.05, 4.69) is 10.3 Å². The molecule has 0 atom stereocenters. The molecule has 0 aliphatic heterocycles. The Morgan fingerprint density at radius 3 is 3.00 bits per heavy atom. The first-order valence-corrected chi connectivity index (χ1v) is 3.68. The predicted octanol–water partition coefficient (Wildman–Crippen LogP) is 0.798. The Labute approximate surface area is 69.7 Å². The van der Waals surface area contributed by atoms with Crippen molar-refractivity contribution < 1.29 is 4.84 Å². The molecule has 1 heterocycles. The minimum atomic E-state index is 0.849. The molecule has 0 aliphatic carbocycles. The van der Waals surface area contributed by atoms with Gasteiger partial charge in [-0.1, -0.05) is 10.9 Å². The molecule has 0 fully saturated rings. The molecule has 0 aliphatic rings. The van der Waals surface area contributed by atoms with Gasteiger partial charge in [-0.3, -0.25) is 0 Å². The van der Waals surface area contributed by atoms with Crippen molar-refractivity contribution in [3.63, 3.8) is 0 Å². The molecule has 2 rings (SSSR count). The van der Waals surface area contributed by atoms with E-state index >= 15 is 0 Å². The van der Waals surface area contributed by atoms with Gasteiger partial charge in [0.15, 0.2) is 0 Å². The Kier molecular flexibility index (Phi) is 1.46. The van der Waals surface area contributed by atoms with Crippen LogP contribution in [0, 0.1) is 6.92 Å². The zero-order valence-corrected chi connectivity index (χ0v) is 6.98. The third-order valence-electron chi connectivity index (χ3n) is 1.74. The van der Waals surface area contributed by atoms with Crippen LogP contribution in [0.4, 0.5) is 0 Å². The normalized spacial score (nSPS) is 10.5. The van der Waals surface area contributed by atoms with E-state index in [1.54, 1.807) is 7.11 Å². The molecule has 0 spiro atoms. The minimum Gasteiger partial charge on any atom is -0.398 e. The van der Waals surface area contributed by atoms with E-state index in [9.17, 15) is 0 Å². The van der Waals surface area contributed by atoms with E-state index in [0.717, 1.165) is 11.0 Å². The summed E-state index contributed by atoms with van der Waals surface area (Å²) in [5, 5.41) is 7.72. The van der Waals surface area contributed by atoms with Crippen LogP contribution in [-0.4, -0.2) is 22.3 Å². The zero-order chi connectivity index (χ0) is 8.55. The van der Waals surface area contributed by atoms with Crippen LogP contribution in [0.5, 0.6) is 0 Å². The Hall–Kier alpha value is -1.58. The molecule has 0 radical (unpaired) electrons. The molecule has 0 N–H and O–H groups in total. The summed E-state index contributed by atoms with van der Waals surface area (Å²) in [4.78, 5) is 6.37. The number of aryl methyl sites for hydroxylation is 1. The van der Waals surface area contributed by atoms with Crippen molar-refractivity contribution >= 4 is 11.0 Å². The number of hydrogen-bond donors (Lipinski definition) is 0. The number of hydrogen-bond acceptors (Lipinski definition) is 3. The van der Waals surface area contributed by atoms with Gasteiger partial charge in [0.2, 0.25) is 0 Å². The topological polar surface area (TPSA) is 39.9 Å². The van der Waals surface area contributed by atoms with Gasteiger partial charge in [-0.15, -0.1) is 5.10 Å². The monoisotopic (exact) mass is 163 g/mol. The fraction of sp³-hybridized carbons (Fsp3) is 0.250. The standard InChI is InChI=1S/C8H9N3O/c1-6-3-4-7-8(5-6)11(12-2)10-9-7/h3-5H,1-2H3. The number of nitrogens with zero attached hydrogens (tertiary/aromatic N) is 3. The molecule has 4 nitrogen and oxygen atoms in total. The molecule has 1 aromatic carbocycles. The van der Waals surface area contributed by atoms with Crippen molar-refractivity contribution in [2.75, 3.05) is 7.11 Å². The SMILES string of the molecule is COn1nnc2ccc(C)cc21. The second-order valence-electron chi connectivity index (χ2n) is 2.64. The average Bonchev–Trinajstić information content (AvgIpc) is 2.46. The largest absolute Gasteiger partial charge is 0.398 e. The highest BCUT2D eigenvalue weighted by Crippen LogP contribution is 2.11. The molecule has 0 saturated heterocycles. The molecule has 0 bridgehead atoms. The Morgan fingerprint density at radius 1 is 1.42 bits per heavy atom. The van der Waals surface area contributed by atoms with Crippen LogP contribution in [0.2, 0.25) is 0 Å². The molecule has 4 heteroatoms. The van der Waals surface area contributed by atoms with Gasteiger partial charge in [0.05, 0.1) is 0 Å². The summed E-state index contributed by atoms with van der Waals surface area (Å²) < 4.78 is 0. The van der Waals surface area contributed by atoms with E-state index in [4.69, 9.17) is 4.84 Å². The second kappa shape index (κ2) is 2.48. The maximum Gasteiger partial charge on any atom is 0.131 e. The highest BCUT2D eigenvalue weighted by atomic mass is 16.7. The first kappa shape index (κ1) is 7.09. The van der Waals surface area contributed by atoms with Gasteiger partial charge in [-0.25, -0.2) is 0 Å². The van der Waals surface area contributed by atoms with Gasteiger partial charge >= 0.3 is 0 Å². The summed E-state index contributed by atoms with van der Waals surface area (Å²) in [6, 6.07) is 5.91. The predicted molar refractivity (Wildman–Crippen MR) is 44.8 cm³/mol. The van der Waals surface area contributed by atoms with Crippen LogP contribution in [0.15, 0.2) is 18.2 Å². The van der Waals surface area contributed by atoms with Crippen LogP contribution in [0.1, 0.15) is 5.56 Å². The van der Waals surface area contributed by atoms with Gasteiger partial charge in [0.1, 0.15) is 18.1 Å². The summed E-state index contributed by atoms with van der Waals surface area (Å²) in [5.74, 6) is 0. The maximum absolute atomic E-state index is 4.97. The van der Waals surface area contributed by atoms with Gasteiger partial charge in [-0.05, 0) is 29.8 Å². The van der Waals surface area contributed by atoms with E-state index in [-0.39, 0.29) is 0 Å². The molecule has 0 saturated carbocycles. The van der Waals surface area contributed by atoms with Crippen molar-refractivity contribution in [1.82, 2.24) is 15.2 Å². The molecule has 1 aromatic heterocycles. The lowest BCUT2D eigenvalue weighted by Gasteiger charge is -1.97. The molecule has 2 aromatic rings. The van der Waals surface area contributed by atoms with Crippen LogP contribution in [-0.2, 0) is 0 Å². The third kappa shape index (κ3) is 0.922. The molecule has 12 heavy (non-hydrogen) atoms. The Bertz CT molecular complexity index is 408. The highest BCUT2D eigenvalue weighted by molar-refractivity contribution is 5.74. The number of benzene rings is 1. The van der Waals surface area contributed by atoms with Gasteiger partial charge in [0, 0.05) is 0 Å². The van der Waals surface area contributed by atoms with Gasteiger partial charge in [0.25, 0.3) is 0 Å². The fourth-order valence-corrected chi connectivity index (χ4v) is 1.14. The van der Waals surface area contributed by atoms with Crippen LogP contribution in [0.25, 0.3) is 11.0 Å². The van der Waals surface area contributed by atoms with Crippen LogP contribution in [0.3, 0.4) is 0 Å². The van der Waals surface area contributed by atoms with E-state index in [1.165, 1.54) is 10.4 Å². The summed E-state index contributed by atoms with van der Waals surface area (Å²) in [6.07, 6.45) is 0. The highest BCUT2D eigenvalue weighted by Gasteiger charge is 2.02. The van der Waals surface area contributed by atoms with Crippen molar-refractivity contribution in [1.29, 1.82) is 0 Å². The van der Waals surface area contributed by atoms with Crippen LogP contribution < -0.4 is 4.84 Å². The lowest BCUT2D eigenvalue weighted by molar-refractivity contribution is 0.139. The summed E-state index contributed by atoms with van der Waals surface area (Å²) >= 11 is 0. The number of fused-ring (bicyclic) bond motifs is 1. The fourth-order valence-electron chi connectivity index (χ4n) is 1.14. The van der Waals surface area contributed by atoms with Crippen molar-refractivity contribution in [2.45, 2.75) is 6.92 Å². The first-order chi connectivity index (χ1) is 5.81. The van der Waals surface area contributed by atoms with Crippen molar-refractivity contribution in [2.24, 2.45) is 0 Å². The molecule has 0 amide bonds. The first-order valence-electron chi connectivity index (χ1n) is 3.68. The van der Waals surface area contributed by atoms with E-state index < -0.39 is 0 Å². The Morgan fingerprint density at radius 2 is 2.25 bits per heavy atom. The lowest BCUT2D eigenvalue weighted by atomic mass is 10.2. The van der Waals surface area contributed by atoms with Gasteiger partial charge in [-0.2, -0.15) is 0 Å². The summed E-state index contributed by atoms with van der Waals surface area (Å²) in [5.41, 5.74) is 2.92. The Balaban J connectivity index is 2.75. The second-order valence-corrected chi connectivity index (χ2v) is 2.64. The number of aromatic nitrogens is 3. The summed E-state index contributed by atoms with van der Waals surface area (Å²) in [6.45, 7) is 2.02. The van der Waals surface area contributed by atoms with Crippen molar-refractivity contribution in [3.05, 3.63) is 23.8 Å². The van der Waals surface area contributed by atoms with E-state index in [1.807, 2.05) is 25.1 Å². The maximum atomic E-state index is 4.97. The summed E-state index contributed by atoms with van der Waals surface area (Å²) in [7, 11) is 1.57. The van der Waals surface area contributed by atoms with E-state index in [0.29, 0.717) is 0 Å². The zero-order valence-electron chi connectivity index (χ0n) is 6.98. The molecule has 0 unspecified atom stereocenters. The van der Waals surface area contributed by atoms with Crippen molar-refractivity contribution in [3.8, 4) is 0 Å². The smallest absolute Gasteiger partial charge is 0.131 e. The quantitative estimate of drug-likeness (QED) is 0.624. The van der Waals surface area contributed by atoms with Crippen LogP contribution >= 0.6 is 0 Å². The average molecular weight is 163 g/mol. The van der Waals surface area contributed by atoms with Gasteiger partial charge < -0.3 is 4.84 Å². The molecular formula is C8H9N3O. The molecular weight excluding hydrogens is 154 g/mol. The molecule has 62 valence electrons. The number of rotatable bonds is 1. The minimum absolute atomic E-state index is 0.849.